The molecule has 3 amide bonds. The molecule has 1 atom stereocenters. The molecule has 160 valence electrons. The van der Waals surface area contributed by atoms with E-state index in [-0.39, 0.29) is 35.8 Å². The first-order chi connectivity index (χ1) is 13.3. The largest absolute Gasteiger partial charge is 0.362 e. The minimum Gasteiger partial charge on any atom is -0.362 e. The zero-order valence-corrected chi connectivity index (χ0v) is 19.7. The Morgan fingerprint density at radius 1 is 1.38 bits per heavy atom. The minimum atomic E-state index is -0.823. The number of hydrogen-bond donors (Lipinski definition) is 3. The topological polar surface area (TPSA) is 102 Å². The van der Waals surface area contributed by atoms with Crippen molar-refractivity contribution < 1.29 is 9.59 Å². The number of hydrogen-bond acceptors (Lipinski definition) is 5. The van der Waals surface area contributed by atoms with Crippen LogP contribution in [-0.4, -0.2) is 67.6 Å². The van der Waals surface area contributed by atoms with Crippen molar-refractivity contribution in [2.24, 2.45) is 10.9 Å². The summed E-state index contributed by atoms with van der Waals surface area (Å²) >= 11 is 0. The second-order valence-electron chi connectivity index (χ2n) is 7.65. The first-order valence-electron chi connectivity index (χ1n) is 9.55. The van der Waals surface area contributed by atoms with E-state index >= 15 is 0 Å². The van der Waals surface area contributed by atoms with Gasteiger partial charge in [-0.1, -0.05) is 6.07 Å². The zero-order valence-electron chi connectivity index (χ0n) is 17.4. The van der Waals surface area contributed by atoms with E-state index in [0.29, 0.717) is 6.54 Å². The summed E-state index contributed by atoms with van der Waals surface area (Å²) in [6.45, 7) is 3.99. The van der Waals surface area contributed by atoms with Crippen LogP contribution < -0.4 is 20.9 Å². The lowest BCUT2D eigenvalue weighted by atomic mass is 9.79. The Kier molecular flexibility index (Phi) is 7.66. The number of imide groups is 1. The van der Waals surface area contributed by atoms with Crippen molar-refractivity contribution in [2.45, 2.75) is 31.8 Å². The number of rotatable bonds is 4. The van der Waals surface area contributed by atoms with Gasteiger partial charge in [-0.2, -0.15) is 0 Å². The number of anilines is 1. The molecule has 2 aliphatic rings. The Bertz CT molecular complexity index is 778. The number of nitrogens with zero attached hydrogens (tertiary/aromatic N) is 4. The van der Waals surface area contributed by atoms with Gasteiger partial charge in [-0.25, -0.2) is 9.78 Å². The maximum absolute atomic E-state index is 12.2. The lowest BCUT2D eigenvalue weighted by molar-refractivity contribution is -0.125. The lowest BCUT2D eigenvalue weighted by Crippen LogP contribution is -2.55. The molecular formula is C19H30IN7O2. The van der Waals surface area contributed by atoms with Crippen LogP contribution in [0.1, 0.15) is 25.3 Å². The fourth-order valence-corrected chi connectivity index (χ4v) is 3.99. The lowest BCUT2D eigenvalue weighted by Gasteiger charge is -2.39. The van der Waals surface area contributed by atoms with Gasteiger partial charge in [-0.05, 0) is 31.7 Å². The quantitative estimate of drug-likeness (QED) is 0.241. The molecule has 0 spiro atoms. The van der Waals surface area contributed by atoms with Crippen molar-refractivity contribution in [1.82, 2.24) is 25.8 Å². The molecule has 1 unspecified atom stereocenters. The summed E-state index contributed by atoms with van der Waals surface area (Å²) in [7, 11) is 5.73. The van der Waals surface area contributed by atoms with Crippen LogP contribution in [0.3, 0.4) is 0 Å². The maximum Gasteiger partial charge on any atom is 0.322 e. The van der Waals surface area contributed by atoms with Crippen molar-refractivity contribution in [3.8, 4) is 0 Å². The third kappa shape index (κ3) is 4.90. The number of piperidine rings is 1. The van der Waals surface area contributed by atoms with Crippen molar-refractivity contribution >= 4 is 47.7 Å². The highest BCUT2D eigenvalue weighted by molar-refractivity contribution is 14.0. The number of nitrogens with one attached hydrogen (secondary N) is 3. The van der Waals surface area contributed by atoms with E-state index in [1.165, 1.54) is 0 Å². The summed E-state index contributed by atoms with van der Waals surface area (Å²) in [5.74, 6) is 1.63. The molecule has 0 bridgehead atoms. The predicted molar refractivity (Wildman–Crippen MR) is 124 cm³/mol. The first kappa shape index (κ1) is 23.2. The highest BCUT2D eigenvalue weighted by Crippen LogP contribution is 2.30. The van der Waals surface area contributed by atoms with Gasteiger partial charge in [0.1, 0.15) is 11.4 Å². The molecule has 2 saturated heterocycles. The number of aromatic nitrogens is 1. The van der Waals surface area contributed by atoms with E-state index in [9.17, 15) is 9.59 Å². The fraction of sp³-hybridized carbons (Fsp3) is 0.579. The summed E-state index contributed by atoms with van der Waals surface area (Å²) in [6.07, 6.45) is 3.40. The third-order valence-corrected chi connectivity index (χ3v) is 5.62. The fourth-order valence-electron chi connectivity index (χ4n) is 3.99. The van der Waals surface area contributed by atoms with Crippen molar-refractivity contribution in [3.63, 3.8) is 0 Å². The van der Waals surface area contributed by atoms with Crippen molar-refractivity contribution in [3.05, 3.63) is 23.9 Å². The van der Waals surface area contributed by atoms with Gasteiger partial charge in [0.05, 0.1) is 0 Å². The molecule has 3 rings (SSSR count). The Hall–Kier alpha value is -2.11. The number of amides is 3. The van der Waals surface area contributed by atoms with E-state index in [0.717, 1.165) is 43.3 Å². The number of aliphatic imine (C=N–C) groups is 1. The van der Waals surface area contributed by atoms with E-state index in [2.05, 4.69) is 36.9 Å². The Balaban J connectivity index is 0.00000300. The number of carbonyl (C=O) groups is 2. The molecule has 2 aliphatic heterocycles. The van der Waals surface area contributed by atoms with Crippen molar-refractivity contribution in [1.29, 1.82) is 0 Å². The standard InChI is InChI=1S/C19H29N7O2.HI/c1-19(16(27)23-18(28)24-19)14-7-10-26(11-8-14)17(20-2)22-12-13-6-5-9-21-15(13)25(3)4;/h5-6,9,14H,7-8,10-12H2,1-4H3,(H,20,22)(H2,23,24,27,28);1H. The van der Waals surface area contributed by atoms with Gasteiger partial charge in [-0.15, -0.1) is 24.0 Å². The van der Waals surface area contributed by atoms with Crippen LogP contribution in [0.2, 0.25) is 0 Å². The molecular weight excluding hydrogens is 485 g/mol. The molecule has 0 aliphatic carbocycles. The van der Waals surface area contributed by atoms with Crippen LogP contribution in [0.15, 0.2) is 23.3 Å². The Labute approximate surface area is 188 Å². The smallest absolute Gasteiger partial charge is 0.322 e. The highest BCUT2D eigenvalue weighted by atomic mass is 127. The van der Waals surface area contributed by atoms with Gasteiger partial charge >= 0.3 is 6.03 Å². The van der Waals surface area contributed by atoms with Crippen LogP contribution in [0.25, 0.3) is 0 Å². The van der Waals surface area contributed by atoms with Gasteiger partial charge in [0.25, 0.3) is 5.91 Å². The molecule has 29 heavy (non-hydrogen) atoms. The van der Waals surface area contributed by atoms with Crippen LogP contribution in [0, 0.1) is 5.92 Å². The summed E-state index contributed by atoms with van der Waals surface area (Å²) < 4.78 is 0. The normalized spacial score (nSPS) is 22.6. The number of likely N-dealkylation sites (tertiary alicyclic amines) is 1. The molecule has 0 aromatic carbocycles. The molecule has 1 aromatic heterocycles. The first-order valence-corrected chi connectivity index (χ1v) is 9.55. The van der Waals surface area contributed by atoms with Gasteiger partial charge < -0.3 is 20.4 Å². The van der Waals surface area contributed by atoms with Gasteiger partial charge in [0, 0.05) is 52.5 Å². The molecule has 0 radical (unpaired) electrons. The summed E-state index contributed by atoms with van der Waals surface area (Å²) in [6, 6.07) is 3.58. The molecule has 0 saturated carbocycles. The van der Waals surface area contributed by atoms with Crippen LogP contribution in [-0.2, 0) is 11.3 Å². The van der Waals surface area contributed by atoms with E-state index in [1.807, 2.05) is 32.0 Å². The number of urea groups is 1. The number of pyridine rings is 1. The summed E-state index contributed by atoms with van der Waals surface area (Å²) in [4.78, 5) is 36.7. The molecule has 1 aromatic rings. The number of halogens is 1. The average molecular weight is 515 g/mol. The molecule has 10 heteroatoms. The minimum absolute atomic E-state index is 0. The maximum atomic E-state index is 12.2. The van der Waals surface area contributed by atoms with Crippen molar-refractivity contribution in [2.75, 3.05) is 39.1 Å². The zero-order chi connectivity index (χ0) is 20.3. The van der Waals surface area contributed by atoms with E-state index < -0.39 is 11.6 Å². The van der Waals surface area contributed by atoms with Crippen LogP contribution >= 0.6 is 24.0 Å². The second-order valence-corrected chi connectivity index (χ2v) is 7.65. The predicted octanol–water partition coefficient (Wildman–Crippen LogP) is 1.15. The molecule has 9 nitrogen and oxygen atoms in total. The number of carbonyl (C=O) groups excluding carboxylic acids is 2. The highest BCUT2D eigenvalue weighted by Gasteiger charge is 2.48. The van der Waals surface area contributed by atoms with Crippen LogP contribution in [0.4, 0.5) is 10.6 Å². The average Bonchev–Trinajstić information content (AvgIpc) is 2.95. The van der Waals surface area contributed by atoms with Crippen LogP contribution in [0.5, 0.6) is 0 Å². The second kappa shape index (κ2) is 9.59. The SMILES string of the molecule is CN=C(NCc1cccnc1N(C)C)N1CCC(C2(C)NC(=O)NC2=O)CC1.I. The third-order valence-electron chi connectivity index (χ3n) is 5.62. The van der Waals surface area contributed by atoms with E-state index in [4.69, 9.17) is 0 Å². The monoisotopic (exact) mass is 515 g/mol. The molecule has 3 heterocycles. The van der Waals surface area contributed by atoms with Gasteiger partial charge in [-0.3, -0.25) is 15.1 Å². The van der Waals surface area contributed by atoms with Gasteiger partial charge in [0.15, 0.2) is 5.96 Å². The molecule has 2 fully saturated rings. The summed E-state index contributed by atoms with van der Waals surface area (Å²) in [5.41, 5.74) is 0.276. The van der Waals surface area contributed by atoms with Gasteiger partial charge in [0.2, 0.25) is 0 Å². The number of guanidine groups is 1. The summed E-state index contributed by atoms with van der Waals surface area (Å²) in [5, 5.41) is 8.57. The Morgan fingerprint density at radius 2 is 2.07 bits per heavy atom. The van der Waals surface area contributed by atoms with E-state index in [1.54, 1.807) is 13.2 Å². The molecule has 3 N–H and O–H groups in total. The Morgan fingerprint density at radius 3 is 2.62 bits per heavy atom.